The van der Waals surface area contributed by atoms with Gasteiger partial charge in [-0.05, 0) is 74.1 Å². The van der Waals surface area contributed by atoms with E-state index in [1.54, 1.807) is 13.0 Å². The normalized spacial score (nSPS) is 21.1. The van der Waals surface area contributed by atoms with Gasteiger partial charge in [-0.2, -0.15) is 36.9 Å². The maximum atomic E-state index is 15.5. The predicted octanol–water partition coefficient (Wildman–Crippen LogP) is 8.80. The molecule has 59 heavy (non-hydrogen) atoms. The first-order valence-corrected chi connectivity index (χ1v) is 18.9. The molecule has 2 fully saturated rings. The summed E-state index contributed by atoms with van der Waals surface area (Å²) >= 11 is 0. The Kier molecular flexibility index (Phi) is 14.4. The Balaban J connectivity index is 1.47. The summed E-state index contributed by atoms with van der Waals surface area (Å²) in [5.74, 6) is -12.4. The molecule has 0 aliphatic heterocycles. The van der Waals surface area contributed by atoms with Gasteiger partial charge >= 0.3 is 12.4 Å². The van der Waals surface area contributed by atoms with E-state index in [0.717, 1.165) is 36.4 Å². The number of nitrogens with one attached hydrogen (secondary N) is 4. The highest BCUT2D eigenvalue weighted by Crippen LogP contribution is 2.48. The lowest BCUT2D eigenvalue weighted by Crippen LogP contribution is -2.54. The molecule has 0 bridgehead atoms. The third kappa shape index (κ3) is 13.3. The van der Waals surface area contributed by atoms with Crippen LogP contribution in [-0.2, 0) is 9.59 Å². The number of halogens is 11. The van der Waals surface area contributed by atoms with E-state index in [4.69, 9.17) is 0 Å². The summed E-state index contributed by atoms with van der Waals surface area (Å²) in [6.07, 6.45) is -15.3. The molecule has 0 saturated heterocycles. The zero-order valence-electron chi connectivity index (χ0n) is 32.3. The van der Waals surface area contributed by atoms with Gasteiger partial charge in [0.05, 0.1) is 24.2 Å². The first-order chi connectivity index (χ1) is 27.2. The van der Waals surface area contributed by atoms with E-state index in [1.807, 2.05) is 16.7 Å². The monoisotopic (exact) mass is 850 g/mol. The van der Waals surface area contributed by atoms with Crippen LogP contribution in [0.3, 0.4) is 0 Å². The Hall–Kier alpha value is -4.49. The second kappa shape index (κ2) is 18.0. The topological polar surface area (TPSA) is 130 Å². The standard InChI is InChI=1S/C40H45F11N6O2/c1-23(2)17-38(44,45)20-30(55-31(39(46,47)48)25-8-6-24(3)7-9-25)34(59)57-36(22-53)18-27(36)5-4-14-37(42,43)19-29(33(58)56-35(21-52)15-16-35)54-32(40(49,50)51)26-10-12-28(41)13-11-26/h6-13,23,27,29-32,54-55H,4-5,14-20H2,1-3H3,(H,56,58)(H,57,59). The van der Waals surface area contributed by atoms with E-state index in [-0.39, 0.29) is 31.2 Å². The van der Waals surface area contributed by atoms with Gasteiger partial charge in [-0.15, -0.1) is 0 Å². The van der Waals surface area contributed by atoms with Gasteiger partial charge in [0.25, 0.3) is 0 Å². The Morgan fingerprint density at radius 2 is 1.20 bits per heavy atom. The van der Waals surface area contributed by atoms with Crippen LogP contribution in [0.1, 0.15) is 100 Å². The quantitative estimate of drug-likeness (QED) is 0.0987. The average molecular weight is 851 g/mol. The number of hydrogen-bond acceptors (Lipinski definition) is 6. The zero-order valence-corrected chi connectivity index (χ0v) is 32.3. The molecule has 2 aliphatic carbocycles. The molecule has 2 aromatic rings. The second-order valence-electron chi connectivity index (χ2n) is 16.1. The first-order valence-electron chi connectivity index (χ1n) is 18.9. The van der Waals surface area contributed by atoms with Gasteiger partial charge in [0, 0.05) is 25.7 Å². The van der Waals surface area contributed by atoms with Gasteiger partial charge < -0.3 is 10.6 Å². The predicted molar refractivity (Wildman–Crippen MR) is 192 cm³/mol. The molecule has 2 amide bonds. The van der Waals surface area contributed by atoms with E-state index in [9.17, 15) is 50.8 Å². The number of amides is 2. The lowest BCUT2D eigenvalue weighted by molar-refractivity contribution is -0.164. The number of alkyl halides is 10. The van der Waals surface area contributed by atoms with Crippen molar-refractivity contribution in [3.05, 3.63) is 71.0 Å². The van der Waals surface area contributed by atoms with E-state index in [1.165, 1.54) is 26.0 Å². The Bertz CT molecular complexity index is 1850. The van der Waals surface area contributed by atoms with Crippen molar-refractivity contribution in [1.29, 1.82) is 10.5 Å². The van der Waals surface area contributed by atoms with Crippen molar-refractivity contribution in [2.24, 2.45) is 11.8 Å². The molecule has 4 rings (SSSR count). The molecule has 0 spiro atoms. The SMILES string of the molecule is Cc1ccc(C(NC(CC(F)(F)CC(C)C)C(=O)NC2(C#N)CC2CCCC(F)(F)CC(NC(c2ccc(F)cc2)C(F)(F)F)C(=O)NC2(C#N)CC2)C(F)(F)F)cc1. The van der Waals surface area contributed by atoms with Gasteiger partial charge in [0.15, 0.2) is 0 Å². The number of carbonyl (C=O) groups is 2. The largest absolute Gasteiger partial charge is 0.407 e. The van der Waals surface area contributed by atoms with Crippen LogP contribution in [0.15, 0.2) is 48.5 Å². The molecule has 2 aliphatic rings. The van der Waals surface area contributed by atoms with Gasteiger partial charge in [-0.3, -0.25) is 20.2 Å². The lowest BCUT2D eigenvalue weighted by Gasteiger charge is -2.31. The van der Waals surface area contributed by atoms with Crippen LogP contribution < -0.4 is 21.3 Å². The van der Waals surface area contributed by atoms with Crippen molar-refractivity contribution in [3.63, 3.8) is 0 Å². The van der Waals surface area contributed by atoms with E-state index < -0.39 is 127 Å². The summed E-state index contributed by atoms with van der Waals surface area (Å²) < 4.78 is 160. The molecular weight excluding hydrogens is 805 g/mol. The van der Waals surface area contributed by atoms with Crippen molar-refractivity contribution >= 4 is 11.8 Å². The van der Waals surface area contributed by atoms with Crippen LogP contribution in [0, 0.1) is 47.2 Å². The fraction of sp³-hybridized carbons (Fsp3) is 0.600. The smallest absolute Gasteiger partial charge is 0.336 e. The zero-order chi connectivity index (χ0) is 44.2. The van der Waals surface area contributed by atoms with Gasteiger partial charge in [0.2, 0.25) is 23.7 Å². The van der Waals surface area contributed by atoms with Crippen LogP contribution in [0.5, 0.6) is 0 Å². The first kappa shape index (κ1) is 47.2. The van der Waals surface area contributed by atoms with Crippen molar-refractivity contribution in [2.45, 2.75) is 138 Å². The highest BCUT2D eigenvalue weighted by molar-refractivity contribution is 5.84. The summed E-state index contributed by atoms with van der Waals surface area (Å²) in [7, 11) is 0. The second-order valence-corrected chi connectivity index (χ2v) is 16.1. The molecule has 0 radical (unpaired) electrons. The molecule has 0 heterocycles. The molecule has 0 aromatic heterocycles. The Labute approximate surface area is 334 Å². The Morgan fingerprint density at radius 1 is 0.729 bits per heavy atom. The van der Waals surface area contributed by atoms with Crippen LogP contribution in [-0.4, -0.2) is 59.2 Å². The highest BCUT2D eigenvalue weighted by atomic mass is 19.4. The molecule has 2 saturated carbocycles. The summed E-state index contributed by atoms with van der Waals surface area (Å²) in [6.45, 7) is 4.54. The lowest BCUT2D eigenvalue weighted by atomic mass is 9.96. The van der Waals surface area contributed by atoms with Crippen LogP contribution in [0.4, 0.5) is 48.3 Å². The maximum absolute atomic E-state index is 15.5. The third-order valence-corrected chi connectivity index (χ3v) is 10.4. The highest BCUT2D eigenvalue weighted by Gasteiger charge is 2.57. The minimum absolute atomic E-state index is 0.143. The van der Waals surface area contributed by atoms with Crippen molar-refractivity contribution in [2.75, 3.05) is 0 Å². The molecule has 2 aromatic carbocycles. The van der Waals surface area contributed by atoms with Crippen molar-refractivity contribution in [1.82, 2.24) is 21.3 Å². The van der Waals surface area contributed by atoms with Crippen molar-refractivity contribution < 1.29 is 57.9 Å². The summed E-state index contributed by atoms with van der Waals surface area (Å²) in [5, 5.41) is 27.8. The molecule has 19 heteroatoms. The number of rotatable bonds is 20. The van der Waals surface area contributed by atoms with Crippen LogP contribution >= 0.6 is 0 Å². The summed E-state index contributed by atoms with van der Waals surface area (Å²) in [5.41, 5.74) is -3.55. The minimum Gasteiger partial charge on any atom is -0.336 e. The fourth-order valence-electron chi connectivity index (χ4n) is 7.03. The number of benzene rings is 2. The van der Waals surface area contributed by atoms with Crippen molar-refractivity contribution in [3.8, 4) is 12.1 Å². The number of nitrogens with zero attached hydrogens (tertiary/aromatic N) is 2. The van der Waals surface area contributed by atoms with Gasteiger partial charge in [-0.1, -0.05) is 55.8 Å². The Morgan fingerprint density at radius 3 is 1.64 bits per heavy atom. The number of nitriles is 2. The van der Waals surface area contributed by atoms with E-state index in [2.05, 4.69) is 10.6 Å². The molecule has 6 atom stereocenters. The summed E-state index contributed by atoms with van der Waals surface area (Å²) in [6, 6.07) is 2.00. The van der Waals surface area contributed by atoms with Gasteiger partial charge in [-0.25, -0.2) is 22.0 Å². The van der Waals surface area contributed by atoms with E-state index >= 15 is 17.6 Å². The number of hydrogen-bond donors (Lipinski definition) is 4. The fourth-order valence-corrected chi connectivity index (χ4v) is 7.03. The molecular formula is C40H45F11N6O2. The maximum Gasteiger partial charge on any atom is 0.407 e. The van der Waals surface area contributed by atoms with Crippen LogP contribution in [0.25, 0.3) is 0 Å². The molecule has 8 nitrogen and oxygen atoms in total. The summed E-state index contributed by atoms with van der Waals surface area (Å²) in [4.78, 5) is 26.7. The molecule has 324 valence electrons. The molecule has 6 unspecified atom stereocenters. The average Bonchev–Trinajstić information content (AvgIpc) is 4.04. The van der Waals surface area contributed by atoms with E-state index in [0.29, 0.717) is 5.56 Å². The van der Waals surface area contributed by atoms with Gasteiger partial charge in [0.1, 0.15) is 29.0 Å². The number of aryl methyl sites for hydroxylation is 1. The minimum atomic E-state index is -5.14. The number of carbonyl (C=O) groups excluding carboxylic acids is 2. The third-order valence-electron chi connectivity index (χ3n) is 10.4. The van der Waals surface area contributed by atoms with Crippen LogP contribution in [0.2, 0.25) is 0 Å². The molecule has 4 N–H and O–H groups in total.